The molecule has 0 aliphatic rings. The third-order valence-corrected chi connectivity index (χ3v) is 4.67. The number of nitrogens with zero attached hydrogens (tertiary/aromatic N) is 1. The molecule has 132 valence electrons. The summed E-state index contributed by atoms with van der Waals surface area (Å²) in [6.45, 7) is 4.37. The molecule has 1 aromatic heterocycles. The summed E-state index contributed by atoms with van der Waals surface area (Å²) >= 11 is 0. The molecule has 0 saturated heterocycles. The van der Waals surface area contributed by atoms with Crippen molar-refractivity contribution in [3.05, 3.63) is 24.4 Å². The van der Waals surface area contributed by atoms with Crippen molar-refractivity contribution >= 4 is 21.6 Å². The quantitative estimate of drug-likeness (QED) is 0.353. The number of hydrogen-bond donors (Lipinski definition) is 1. The first-order valence-corrected chi connectivity index (χ1v) is 9.87. The van der Waals surface area contributed by atoms with E-state index in [-0.39, 0.29) is 6.61 Å². The maximum atomic E-state index is 8.51. The molecule has 1 rings (SSSR count). The minimum atomic E-state index is 0.0451. The van der Waals surface area contributed by atoms with E-state index in [0.717, 1.165) is 10.8 Å². The fourth-order valence-corrected chi connectivity index (χ4v) is 3.16. The minimum absolute atomic E-state index is 0.0451. The van der Waals surface area contributed by atoms with Gasteiger partial charge in [-0.25, -0.2) is 4.98 Å². The van der Waals surface area contributed by atoms with E-state index < -0.39 is 0 Å². The van der Waals surface area contributed by atoms with E-state index in [1.165, 1.54) is 0 Å². The first-order chi connectivity index (χ1) is 11.4. The number of rotatable bonds is 16. The number of aliphatic hydroxyl groups is 1. The molecule has 0 unspecified atom stereocenters. The van der Waals surface area contributed by atoms with Crippen molar-refractivity contribution in [1.29, 1.82) is 0 Å². The zero-order valence-electron chi connectivity index (χ0n) is 13.2. The van der Waals surface area contributed by atoms with Crippen molar-refractivity contribution < 1.29 is 24.1 Å². The van der Waals surface area contributed by atoms with Crippen LogP contribution in [0.2, 0.25) is 0 Å². The highest BCUT2D eigenvalue weighted by molar-refractivity contribution is 8.76. The third kappa shape index (κ3) is 13.8. The van der Waals surface area contributed by atoms with Crippen LogP contribution in [0.3, 0.4) is 0 Å². The summed E-state index contributed by atoms with van der Waals surface area (Å²) < 4.78 is 21.2. The van der Waals surface area contributed by atoms with Crippen LogP contribution in [-0.4, -0.2) is 75.3 Å². The fourth-order valence-electron chi connectivity index (χ4n) is 1.42. The monoisotopic (exact) mass is 363 g/mol. The number of pyridine rings is 1. The van der Waals surface area contributed by atoms with Gasteiger partial charge in [-0.15, -0.1) is 0 Å². The Morgan fingerprint density at radius 2 is 1.43 bits per heavy atom. The number of aliphatic hydroxyl groups excluding tert-OH is 1. The van der Waals surface area contributed by atoms with Gasteiger partial charge in [-0.2, -0.15) is 0 Å². The first-order valence-electron chi connectivity index (χ1n) is 7.56. The second kappa shape index (κ2) is 16.5. The Morgan fingerprint density at radius 3 is 2.00 bits per heavy atom. The van der Waals surface area contributed by atoms with Gasteiger partial charge in [0.25, 0.3) is 0 Å². The molecule has 23 heavy (non-hydrogen) atoms. The van der Waals surface area contributed by atoms with Crippen LogP contribution in [0.4, 0.5) is 0 Å². The predicted molar refractivity (Wildman–Crippen MR) is 92.9 cm³/mol. The van der Waals surface area contributed by atoms with Gasteiger partial charge in [-0.05, 0) is 22.9 Å². The molecule has 0 fully saturated rings. The SMILES string of the molecule is OCCOCCOCCOCCOCCSSc1ccccn1. The molecule has 0 spiro atoms. The van der Waals surface area contributed by atoms with Crippen molar-refractivity contribution in [2.24, 2.45) is 0 Å². The van der Waals surface area contributed by atoms with Crippen LogP contribution in [0.15, 0.2) is 29.4 Å². The zero-order chi connectivity index (χ0) is 16.4. The average molecular weight is 364 g/mol. The van der Waals surface area contributed by atoms with Gasteiger partial charge in [0.1, 0.15) is 5.03 Å². The van der Waals surface area contributed by atoms with Crippen molar-refractivity contribution in [2.45, 2.75) is 5.03 Å². The Balaban J connectivity index is 1.72. The van der Waals surface area contributed by atoms with Crippen LogP contribution in [0.25, 0.3) is 0 Å². The Bertz CT molecular complexity index is 359. The van der Waals surface area contributed by atoms with Crippen molar-refractivity contribution in [3.8, 4) is 0 Å². The Hall–Kier alpha value is -0.350. The molecule has 0 aliphatic heterocycles. The standard InChI is InChI=1S/C15H25NO5S2/c17-5-6-18-7-8-19-9-10-20-11-12-21-13-14-22-23-15-3-1-2-4-16-15/h1-4,17H,5-14H2. The highest BCUT2D eigenvalue weighted by atomic mass is 33.1. The fraction of sp³-hybridized carbons (Fsp3) is 0.667. The van der Waals surface area contributed by atoms with E-state index in [0.29, 0.717) is 52.9 Å². The maximum Gasteiger partial charge on any atom is 0.106 e. The molecule has 1 N–H and O–H groups in total. The number of aromatic nitrogens is 1. The summed E-state index contributed by atoms with van der Waals surface area (Å²) in [4.78, 5) is 4.23. The molecule has 0 radical (unpaired) electrons. The van der Waals surface area contributed by atoms with E-state index in [9.17, 15) is 0 Å². The van der Waals surface area contributed by atoms with Gasteiger partial charge in [0.05, 0.1) is 59.5 Å². The van der Waals surface area contributed by atoms with Gasteiger partial charge in [-0.1, -0.05) is 16.9 Å². The van der Waals surface area contributed by atoms with E-state index in [1.807, 2.05) is 18.2 Å². The molecule has 0 bridgehead atoms. The lowest BCUT2D eigenvalue weighted by Gasteiger charge is -2.07. The van der Waals surface area contributed by atoms with Crippen molar-refractivity contribution in [2.75, 3.05) is 65.2 Å². The van der Waals surface area contributed by atoms with E-state index in [4.69, 9.17) is 24.1 Å². The van der Waals surface area contributed by atoms with Gasteiger partial charge in [0.2, 0.25) is 0 Å². The topological polar surface area (TPSA) is 70.0 Å². The lowest BCUT2D eigenvalue weighted by Crippen LogP contribution is -2.13. The summed E-state index contributed by atoms with van der Waals surface area (Å²) in [6.07, 6.45) is 1.79. The van der Waals surface area contributed by atoms with Crippen LogP contribution in [0, 0.1) is 0 Å². The van der Waals surface area contributed by atoms with Crippen LogP contribution in [0.5, 0.6) is 0 Å². The molecule has 8 heteroatoms. The second-order valence-electron chi connectivity index (χ2n) is 4.25. The highest BCUT2D eigenvalue weighted by Gasteiger charge is 1.96. The molecule has 1 aromatic rings. The molecular weight excluding hydrogens is 338 g/mol. The normalized spacial score (nSPS) is 11.0. The van der Waals surface area contributed by atoms with Crippen molar-refractivity contribution in [1.82, 2.24) is 4.98 Å². The predicted octanol–water partition coefficient (Wildman–Crippen LogP) is 1.88. The van der Waals surface area contributed by atoms with Gasteiger partial charge < -0.3 is 24.1 Å². The second-order valence-corrected chi connectivity index (χ2v) is 6.68. The molecule has 0 aliphatic carbocycles. The van der Waals surface area contributed by atoms with E-state index in [1.54, 1.807) is 27.8 Å². The first kappa shape index (κ1) is 20.7. The minimum Gasteiger partial charge on any atom is -0.394 e. The van der Waals surface area contributed by atoms with Gasteiger partial charge in [-0.3, -0.25) is 0 Å². The van der Waals surface area contributed by atoms with Gasteiger partial charge in [0, 0.05) is 11.9 Å². The Labute approximate surface area is 145 Å². The van der Waals surface area contributed by atoms with E-state index in [2.05, 4.69) is 4.98 Å². The van der Waals surface area contributed by atoms with Crippen LogP contribution in [0.1, 0.15) is 0 Å². The summed E-state index contributed by atoms with van der Waals surface area (Å²) in [6, 6.07) is 5.89. The Morgan fingerprint density at radius 1 is 0.826 bits per heavy atom. The third-order valence-electron chi connectivity index (χ3n) is 2.44. The average Bonchev–Trinajstić information content (AvgIpc) is 2.59. The largest absolute Gasteiger partial charge is 0.394 e. The van der Waals surface area contributed by atoms with E-state index >= 15 is 0 Å². The van der Waals surface area contributed by atoms with Crippen LogP contribution < -0.4 is 0 Å². The number of hydrogen-bond acceptors (Lipinski definition) is 8. The van der Waals surface area contributed by atoms with Crippen molar-refractivity contribution in [3.63, 3.8) is 0 Å². The van der Waals surface area contributed by atoms with Gasteiger partial charge in [0.15, 0.2) is 0 Å². The smallest absolute Gasteiger partial charge is 0.106 e. The molecule has 1 heterocycles. The molecule has 0 amide bonds. The summed E-state index contributed by atoms with van der Waals surface area (Å²) in [5.74, 6) is 0.915. The van der Waals surface area contributed by atoms with Crippen LogP contribution >= 0.6 is 21.6 Å². The summed E-state index contributed by atoms with van der Waals surface area (Å²) in [5, 5.41) is 9.52. The summed E-state index contributed by atoms with van der Waals surface area (Å²) in [7, 11) is 3.39. The van der Waals surface area contributed by atoms with Gasteiger partial charge >= 0.3 is 0 Å². The van der Waals surface area contributed by atoms with Crippen LogP contribution in [-0.2, 0) is 18.9 Å². The molecule has 0 atom stereocenters. The highest BCUT2D eigenvalue weighted by Crippen LogP contribution is 2.28. The lowest BCUT2D eigenvalue weighted by atomic mass is 10.5. The summed E-state index contributed by atoms with van der Waals surface area (Å²) in [5.41, 5.74) is 0. The molecule has 0 aromatic carbocycles. The maximum absolute atomic E-state index is 8.51. The molecular formula is C15H25NO5S2. The lowest BCUT2D eigenvalue weighted by molar-refractivity contribution is -0.00416. The number of ether oxygens (including phenoxy) is 4. The molecule has 0 saturated carbocycles. The Kier molecular flexibility index (Phi) is 14.9. The zero-order valence-corrected chi connectivity index (χ0v) is 14.9. The molecule has 6 nitrogen and oxygen atoms in total.